The van der Waals surface area contributed by atoms with Crippen molar-refractivity contribution < 1.29 is 23.7 Å². The van der Waals surface area contributed by atoms with E-state index in [2.05, 4.69) is 5.32 Å². The van der Waals surface area contributed by atoms with Gasteiger partial charge >= 0.3 is 5.97 Å². The number of carbonyl (C=O) groups excluding carboxylic acids is 1. The van der Waals surface area contributed by atoms with E-state index >= 15 is 0 Å². The van der Waals surface area contributed by atoms with Crippen LogP contribution in [0.25, 0.3) is 5.57 Å². The second kappa shape index (κ2) is 9.36. The molecule has 6 heteroatoms. The Morgan fingerprint density at radius 3 is 2.19 bits per heavy atom. The lowest BCUT2D eigenvalue weighted by Gasteiger charge is -2.12. The van der Waals surface area contributed by atoms with E-state index in [1.807, 2.05) is 0 Å². The molecule has 0 unspecified atom stereocenters. The maximum atomic E-state index is 12.4. The number of anilines is 1. The first-order valence-electron chi connectivity index (χ1n) is 8.13. The third-order valence-corrected chi connectivity index (χ3v) is 3.68. The monoisotopic (exact) mass is 357 g/mol. The topological polar surface area (TPSA) is 66.0 Å². The highest BCUT2D eigenvalue weighted by Gasteiger charge is 2.14. The van der Waals surface area contributed by atoms with E-state index in [-0.39, 0.29) is 6.61 Å². The molecular weight excluding hydrogens is 334 g/mol. The fourth-order valence-electron chi connectivity index (χ4n) is 2.32. The SMILES string of the molecule is CCOC(=O)/C(=C\Nc1cc(OC)ccc1OC)c1ccc(OC)cc1. The molecule has 0 aliphatic heterocycles. The first-order chi connectivity index (χ1) is 12.6. The van der Waals surface area contributed by atoms with E-state index in [1.54, 1.807) is 76.9 Å². The summed E-state index contributed by atoms with van der Waals surface area (Å²) in [6, 6.07) is 12.5. The van der Waals surface area contributed by atoms with Crippen molar-refractivity contribution in [1.29, 1.82) is 0 Å². The number of ether oxygens (including phenoxy) is 4. The smallest absolute Gasteiger partial charge is 0.340 e. The van der Waals surface area contributed by atoms with Crippen LogP contribution < -0.4 is 19.5 Å². The third-order valence-electron chi connectivity index (χ3n) is 3.68. The second-order valence-corrected chi connectivity index (χ2v) is 5.22. The van der Waals surface area contributed by atoms with Crippen LogP contribution in [0.4, 0.5) is 5.69 Å². The van der Waals surface area contributed by atoms with Gasteiger partial charge in [-0.05, 0) is 36.8 Å². The van der Waals surface area contributed by atoms with Gasteiger partial charge in [0, 0.05) is 12.3 Å². The molecule has 0 aliphatic carbocycles. The zero-order chi connectivity index (χ0) is 18.9. The van der Waals surface area contributed by atoms with Crippen LogP contribution in [-0.4, -0.2) is 33.9 Å². The first kappa shape index (κ1) is 19.2. The number of hydrogen-bond acceptors (Lipinski definition) is 6. The summed E-state index contributed by atoms with van der Waals surface area (Å²) in [7, 11) is 4.75. The zero-order valence-electron chi connectivity index (χ0n) is 15.4. The third kappa shape index (κ3) is 4.69. The molecule has 0 fully saturated rings. The van der Waals surface area contributed by atoms with Crippen LogP contribution in [0.15, 0.2) is 48.7 Å². The molecule has 0 atom stereocenters. The molecule has 26 heavy (non-hydrogen) atoms. The van der Waals surface area contributed by atoms with Crippen molar-refractivity contribution in [1.82, 2.24) is 0 Å². The fraction of sp³-hybridized carbons (Fsp3) is 0.250. The Morgan fingerprint density at radius 2 is 1.62 bits per heavy atom. The van der Waals surface area contributed by atoms with Gasteiger partial charge in [-0.15, -0.1) is 0 Å². The van der Waals surface area contributed by atoms with E-state index in [1.165, 1.54) is 0 Å². The van der Waals surface area contributed by atoms with Crippen LogP contribution in [0.5, 0.6) is 17.2 Å². The summed E-state index contributed by atoms with van der Waals surface area (Å²) >= 11 is 0. The summed E-state index contributed by atoms with van der Waals surface area (Å²) in [4.78, 5) is 12.4. The van der Waals surface area contributed by atoms with Crippen molar-refractivity contribution in [3.8, 4) is 17.2 Å². The van der Waals surface area contributed by atoms with Crippen molar-refractivity contribution in [3.05, 3.63) is 54.2 Å². The van der Waals surface area contributed by atoms with Gasteiger partial charge in [0.2, 0.25) is 0 Å². The Bertz CT molecular complexity index is 768. The molecule has 0 saturated heterocycles. The number of carbonyl (C=O) groups is 1. The summed E-state index contributed by atoms with van der Waals surface area (Å²) in [6.45, 7) is 2.05. The Balaban J connectivity index is 2.37. The highest BCUT2D eigenvalue weighted by Crippen LogP contribution is 2.30. The van der Waals surface area contributed by atoms with Crippen molar-refractivity contribution in [2.24, 2.45) is 0 Å². The van der Waals surface area contributed by atoms with Gasteiger partial charge in [0.15, 0.2) is 0 Å². The van der Waals surface area contributed by atoms with Gasteiger partial charge in [-0.25, -0.2) is 4.79 Å². The van der Waals surface area contributed by atoms with Crippen LogP contribution in [0.1, 0.15) is 12.5 Å². The minimum atomic E-state index is -0.424. The van der Waals surface area contributed by atoms with Crippen LogP contribution in [0.2, 0.25) is 0 Å². The molecule has 0 amide bonds. The predicted molar refractivity (Wildman–Crippen MR) is 101 cm³/mol. The van der Waals surface area contributed by atoms with Gasteiger partial charge < -0.3 is 24.3 Å². The summed E-state index contributed by atoms with van der Waals surface area (Å²) in [6.07, 6.45) is 1.59. The lowest BCUT2D eigenvalue weighted by atomic mass is 10.1. The largest absolute Gasteiger partial charge is 0.497 e. The number of hydrogen-bond donors (Lipinski definition) is 1. The number of esters is 1. The van der Waals surface area contributed by atoms with Crippen LogP contribution in [-0.2, 0) is 9.53 Å². The number of nitrogens with one attached hydrogen (secondary N) is 1. The Hall–Kier alpha value is -3.15. The molecule has 1 N–H and O–H groups in total. The van der Waals surface area contributed by atoms with Crippen LogP contribution in [0, 0.1) is 0 Å². The summed E-state index contributed by atoms with van der Waals surface area (Å²) in [5.74, 6) is 1.58. The van der Waals surface area contributed by atoms with E-state index in [0.717, 1.165) is 0 Å². The molecule has 0 bridgehead atoms. The Kier molecular flexibility index (Phi) is 6.91. The number of methoxy groups -OCH3 is 3. The van der Waals surface area contributed by atoms with E-state index < -0.39 is 5.97 Å². The predicted octanol–water partition coefficient (Wildman–Crippen LogP) is 3.73. The van der Waals surface area contributed by atoms with Gasteiger partial charge in [-0.1, -0.05) is 12.1 Å². The molecule has 0 aliphatic rings. The van der Waals surface area contributed by atoms with Crippen molar-refractivity contribution in [3.63, 3.8) is 0 Å². The number of rotatable bonds is 8. The molecule has 0 aromatic heterocycles. The molecule has 6 nitrogen and oxygen atoms in total. The van der Waals surface area contributed by atoms with E-state index in [4.69, 9.17) is 18.9 Å². The van der Waals surface area contributed by atoms with Gasteiger partial charge in [-0.2, -0.15) is 0 Å². The molecule has 2 aromatic rings. The molecule has 0 saturated carbocycles. The van der Waals surface area contributed by atoms with Crippen molar-refractivity contribution >= 4 is 17.2 Å². The minimum absolute atomic E-state index is 0.287. The Morgan fingerprint density at radius 1 is 0.962 bits per heavy atom. The van der Waals surface area contributed by atoms with Gasteiger partial charge in [0.05, 0.1) is 39.2 Å². The average Bonchev–Trinajstić information content (AvgIpc) is 2.68. The zero-order valence-corrected chi connectivity index (χ0v) is 15.4. The lowest BCUT2D eigenvalue weighted by Crippen LogP contribution is -2.09. The molecule has 0 heterocycles. The standard InChI is InChI=1S/C20H23NO5/c1-5-26-20(22)17(14-6-8-15(23-2)9-7-14)13-21-18-12-16(24-3)10-11-19(18)25-4/h6-13,21H,5H2,1-4H3/b17-13-. The summed E-state index contributed by atoms with van der Waals surface area (Å²) in [5, 5.41) is 3.11. The fourth-order valence-corrected chi connectivity index (χ4v) is 2.32. The molecule has 2 aromatic carbocycles. The maximum absolute atomic E-state index is 12.4. The van der Waals surface area contributed by atoms with Crippen molar-refractivity contribution in [2.75, 3.05) is 33.3 Å². The summed E-state index contributed by atoms with van der Waals surface area (Å²) < 4.78 is 20.9. The van der Waals surface area contributed by atoms with E-state index in [9.17, 15) is 4.79 Å². The maximum Gasteiger partial charge on any atom is 0.340 e. The van der Waals surface area contributed by atoms with Crippen LogP contribution in [0.3, 0.4) is 0 Å². The normalized spacial score (nSPS) is 10.8. The second-order valence-electron chi connectivity index (χ2n) is 5.22. The molecule has 0 spiro atoms. The Labute approximate surface area is 153 Å². The number of benzene rings is 2. The molecular formula is C20H23NO5. The molecule has 0 radical (unpaired) electrons. The minimum Gasteiger partial charge on any atom is -0.497 e. The molecule has 2 rings (SSSR count). The van der Waals surface area contributed by atoms with Gasteiger partial charge in [-0.3, -0.25) is 0 Å². The van der Waals surface area contributed by atoms with Gasteiger partial charge in [0.1, 0.15) is 17.2 Å². The first-order valence-corrected chi connectivity index (χ1v) is 8.13. The van der Waals surface area contributed by atoms with E-state index in [0.29, 0.717) is 34.1 Å². The van der Waals surface area contributed by atoms with Gasteiger partial charge in [0.25, 0.3) is 0 Å². The highest BCUT2D eigenvalue weighted by molar-refractivity contribution is 6.16. The highest BCUT2D eigenvalue weighted by atomic mass is 16.5. The van der Waals surface area contributed by atoms with Crippen molar-refractivity contribution in [2.45, 2.75) is 6.92 Å². The summed E-state index contributed by atoms with van der Waals surface area (Å²) in [5.41, 5.74) is 1.76. The lowest BCUT2D eigenvalue weighted by molar-refractivity contribution is -0.136. The quantitative estimate of drug-likeness (QED) is 0.574. The average molecular weight is 357 g/mol. The van der Waals surface area contributed by atoms with Crippen LogP contribution >= 0.6 is 0 Å². The molecule has 138 valence electrons.